The van der Waals surface area contributed by atoms with E-state index in [0.717, 1.165) is 15.5 Å². The van der Waals surface area contributed by atoms with Crippen molar-refractivity contribution in [2.75, 3.05) is 0 Å². The summed E-state index contributed by atoms with van der Waals surface area (Å²) in [6.45, 7) is 4.08. The number of H-pyrrole nitrogens is 1. The highest BCUT2D eigenvalue weighted by atomic mass is 79.9. The van der Waals surface area contributed by atoms with Crippen LogP contribution in [0.15, 0.2) is 22.7 Å². The third-order valence-electron chi connectivity index (χ3n) is 2.96. The molecule has 0 atom stereocenters. The van der Waals surface area contributed by atoms with Gasteiger partial charge < -0.3 is 15.3 Å². The normalized spacial score (nSPS) is 11.9. The first-order valence-electron chi connectivity index (χ1n) is 5.49. The van der Waals surface area contributed by atoms with E-state index in [1.54, 1.807) is 0 Å². The lowest BCUT2D eigenvalue weighted by Gasteiger charge is -2.21. The van der Waals surface area contributed by atoms with Gasteiger partial charge in [0.25, 0.3) is 0 Å². The molecule has 0 aliphatic rings. The Kier molecular flexibility index (Phi) is 3.33. The van der Waals surface area contributed by atoms with E-state index in [0.29, 0.717) is 11.3 Å². The molecule has 1 amide bonds. The van der Waals surface area contributed by atoms with Crippen LogP contribution in [-0.4, -0.2) is 15.5 Å². The van der Waals surface area contributed by atoms with E-state index < -0.39 is 5.41 Å². The molecule has 1 aromatic heterocycles. The summed E-state index contributed by atoms with van der Waals surface area (Å²) in [6, 6.07) is 5.86. The summed E-state index contributed by atoms with van der Waals surface area (Å²) in [5, 5.41) is 0. The standard InChI is InChI=1S/C12H14BrN3OS/c1-12(2,10(14)17)6-16-9-5-7(13)3-4-8(9)15-11(16)18/h3-5H,6H2,1-2H3,(H2,14,17)(H,15,18). The van der Waals surface area contributed by atoms with Crippen molar-refractivity contribution >= 4 is 45.1 Å². The number of fused-ring (bicyclic) bond motifs is 1. The summed E-state index contributed by atoms with van der Waals surface area (Å²) in [6.07, 6.45) is 0. The zero-order chi connectivity index (χ0) is 13.5. The second-order valence-electron chi connectivity index (χ2n) is 4.93. The molecule has 6 heteroatoms. The number of hydrogen-bond acceptors (Lipinski definition) is 2. The van der Waals surface area contributed by atoms with Crippen LogP contribution in [0, 0.1) is 10.2 Å². The molecule has 18 heavy (non-hydrogen) atoms. The molecule has 0 aliphatic carbocycles. The molecule has 3 N–H and O–H groups in total. The number of carbonyl (C=O) groups excluding carboxylic acids is 1. The van der Waals surface area contributed by atoms with E-state index in [1.807, 2.05) is 36.6 Å². The van der Waals surface area contributed by atoms with Crippen LogP contribution in [0.1, 0.15) is 13.8 Å². The van der Waals surface area contributed by atoms with Crippen molar-refractivity contribution in [1.82, 2.24) is 9.55 Å². The van der Waals surface area contributed by atoms with Gasteiger partial charge in [0.05, 0.1) is 16.4 Å². The number of aromatic amines is 1. The van der Waals surface area contributed by atoms with E-state index in [4.69, 9.17) is 18.0 Å². The summed E-state index contributed by atoms with van der Waals surface area (Å²) >= 11 is 8.72. The van der Waals surface area contributed by atoms with Crippen LogP contribution >= 0.6 is 28.1 Å². The van der Waals surface area contributed by atoms with Crippen molar-refractivity contribution in [3.8, 4) is 0 Å². The van der Waals surface area contributed by atoms with E-state index in [2.05, 4.69) is 20.9 Å². The fourth-order valence-corrected chi connectivity index (χ4v) is 2.38. The SMILES string of the molecule is CC(C)(Cn1c(=S)[nH]c2ccc(Br)cc21)C(N)=O. The van der Waals surface area contributed by atoms with Crippen LogP contribution in [-0.2, 0) is 11.3 Å². The van der Waals surface area contributed by atoms with Gasteiger partial charge in [-0.2, -0.15) is 0 Å². The van der Waals surface area contributed by atoms with Crippen molar-refractivity contribution in [3.63, 3.8) is 0 Å². The number of carbonyl (C=O) groups is 1. The van der Waals surface area contributed by atoms with Crippen LogP contribution in [0.4, 0.5) is 0 Å². The highest BCUT2D eigenvalue weighted by molar-refractivity contribution is 9.10. The molecule has 0 unspecified atom stereocenters. The predicted molar refractivity (Wildman–Crippen MR) is 77.8 cm³/mol. The largest absolute Gasteiger partial charge is 0.369 e. The first kappa shape index (κ1) is 13.3. The number of nitrogens with zero attached hydrogens (tertiary/aromatic N) is 1. The number of primary amides is 1. The summed E-state index contributed by atoms with van der Waals surface area (Å²) in [5.41, 5.74) is 6.67. The average molecular weight is 328 g/mol. The van der Waals surface area contributed by atoms with Crippen molar-refractivity contribution < 1.29 is 4.79 Å². The average Bonchev–Trinajstić information content (AvgIpc) is 2.55. The maximum absolute atomic E-state index is 11.4. The predicted octanol–water partition coefficient (Wildman–Crippen LogP) is 2.97. The Hall–Kier alpha value is -1.14. The van der Waals surface area contributed by atoms with Gasteiger partial charge in [-0.15, -0.1) is 0 Å². The van der Waals surface area contributed by atoms with Crippen LogP contribution in [0.3, 0.4) is 0 Å². The molecule has 1 aromatic carbocycles. The minimum absolute atomic E-state index is 0.339. The number of rotatable bonds is 3. The number of nitrogens with one attached hydrogen (secondary N) is 1. The highest BCUT2D eigenvalue weighted by Crippen LogP contribution is 2.24. The first-order chi connectivity index (χ1) is 8.31. The number of imidazole rings is 1. The Balaban J connectivity index is 2.57. The lowest BCUT2D eigenvalue weighted by molar-refractivity contribution is -0.126. The fraction of sp³-hybridized carbons (Fsp3) is 0.333. The monoisotopic (exact) mass is 327 g/mol. The molecule has 4 nitrogen and oxygen atoms in total. The minimum Gasteiger partial charge on any atom is -0.369 e. The van der Waals surface area contributed by atoms with Crippen molar-refractivity contribution in [2.45, 2.75) is 20.4 Å². The number of hydrogen-bond donors (Lipinski definition) is 2. The molecule has 0 bridgehead atoms. The third kappa shape index (κ3) is 2.35. The quantitative estimate of drug-likeness (QED) is 0.851. The lowest BCUT2D eigenvalue weighted by Crippen LogP contribution is -2.35. The van der Waals surface area contributed by atoms with E-state index in [1.165, 1.54) is 0 Å². The third-order valence-corrected chi connectivity index (χ3v) is 3.77. The molecular weight excluding hydrogens is 314 g/mol. The second kappa shape index (κ2) is 4.51. The Bertz CT molecular complexity index is 672. The smallest absolute Gasteiger partial charge is 0.224 e. The molecule has 2 aromatic rings. The Labute approximate surface area is 118 Å². The molecule has 0 radical (unpaired) electrons. The van der Waals surface area contributed by atoms with Gasteiger partial charge in [0.15, 0.2) is 4.77 Å². The summed E-state index contributed by atoms with van der Waals surface area (Å²) < 4.78 is 3.47. The van der Waals surface area contributed by atoms with E-state index in [9.17, 15) is 4.79 Å². The van der Waals surface area contributed by atoms with Crippen molar-refractivity contribution in [3.05, 3.63) is 27.4 Å². The van der Waals surface area contributed by atoms with Gasteiger partial charge in [0.1, 0.15) is 0 Å². The van der Waals surface area contributed by atoms with Gasteiger partial charge in [-0.3, -0.25) is 4.79 Å². The molecule has 0 fully saturated rings. The van der Waals surface area contributed by atoms with E-state index in [-0.39, 0.29) is 5.91 Å². The van der Waals surface area contributed by atoms with Crippen LogP contribution < -0.4 is 5.73 Å². The lowest BCUT2D eigenvalue weighted by atomic mass is 9.92. The summed E-state index contributed by atoms with van der Waals surface area (Å²) in [5.74, 6) is -0.339. The zero-order valence-corrected chi connectivity index (χ0v) is 12.6. The number of benzene rings is 1. The minimum atomic E-state index is -0.643. The molecule has 0 spiro atoms. The summed E-state index contributed by atoms with van der Waals surface area (Å²) in [4.78, 5) is 14.5. The topological polar surface area (TPSA) is 63.8 Å². The van der Waals surface area contributed by atoms with Gasteiger partial charge >= 0.3 is 0 Å². The Morgan fingerprint density at radius 3 is 2.83 bits per heavy atom. The fourth-order valence-electron chi connectivity index (χ4n) is 1.76. The van der Waals surface area contributed by atoms with Crippen LogP contribution in [0.25, 0.3) is 11.0 Å². The Morgan fingerprint density at radius 2 is 2.22 bits per heavy atom. The molecule has 96 valence electrons. The number of nitrogens with two attached hydrogens (primary N) is 1. The molecule has 0 saturated carbocycles. The molecule has 2 rings (SSSR count). The maximum Gasteiger partial charge on any atom is 0.224 e. The van der Waals surface area contributed by atoms with Gasteiger partial charge in [0, 0.05) is 11.0 Å². The maximum atomic E-state index is 11.4. The molecule has 0 saturated heterocycles. The number of halogens is 1. The number of aromatic nitrogens is 2. The molecule has 1 heterocycles. The first-order valence-corrected chi connectivity index (χ1v) is 6.69. The van der Waals surface area contributed by atoms with Gasteiger partial charge in [-0.25, -0.2) is 0 Å². The zero-order valence-electron chi connectivity index (χ0n) is 10.2. The molecular formula is C12H14BrN3OS. The van der Waals surface area contributed by atoms with Crippen LogP contribution in [0.5, 0.6) is 0 Å². The van der Waals surface area contributed by atoms with Crippen molar-refractivity contribution in [1.29, 1.82) is 0 Å². The van der Waals surface area contributed by atoms with E-state index >= 15 is 0 Å². The number of amides is 1. The second-order valence-corrected chi connectivity index (χ2v) is 6.23. The van der Waals surface area contributed by atoms with Gasteiger partial charge in [0.2, 0.25) is 5.91 Å². The Morgan fingerprint density at radius 1 is 1.56 bits per heavy atom. The molecule has 0 aliphatic heterocycles. The summed E-state index contributed by atoms with van der Waals surface area (Å²) in [7, 11) is 0. The van der Waals surface area contributed by atoms with Crippen LogP contribution in [0.2, 0.25) is 0 Å². The van der Waals surface area contributed by atoms with Gasteiger partial charge in [-0.05, 0) is 44.3 Å². The van der Waals surface area contributed by atoms with Gasteiger partial charge in [-0.1, -0.05) is 15.9 Å². The van der Waals surface area contributed by atoms with Crippen molar-refractivity contribution in [2.24, 2.45) is 11.1 Å². The highest BCUT2D eigenvalue weighted by Gasteiger charge is 2.26.